The lowest BCUT2D eigenvalue weighted by Crippen LogP contribution is -2.03. The molecule has 1 aromatic heterocycles. The fraction of sp³-hybridized carbons (Fsp3) is 0.250. The smallest absolute Gasteiger partial charge is 0.277 e. The van der Waals surface area contributed by atoms with Crippen molar-refractivity contribution in [3.05, 3.63) is 39.7 Å². The maximum Gasteiger partial charge on any atom is 0.277 e. The zero-order chi connectivity index (χ0) is 14.5. The van der Waals surface area contributed by atoms with E-state index in [1.54, 1.807) is 30.0 Å². The number of carbonyl (C=O) groups excluding carboxylic acids is 1. The lowest BCUT2D eigenvalue weighted by Gasteiger charge is -2.03. The first-order valence-corrected chi connectivity index (χ1v) is 8.66. The largest absolute Gasteiger partial charge is 0.415 e. The summed E-state index contributed by atoms with van der Waals surface area (Å²) in [6.45, 7) is 0. The van der Waals surface area contributed by atoms with Crippen molar-refractivity contribution in [3.63, 3.8) is 0 Å². The van der Waals surface area contributed by atoms with Crippen molar-refractivity contribution in [3.8, 4) is 0 Å². The Morgan fingerprint density at radius 3 is 2.90 bits per heavy atom. The van der Waals surface area contributed by atoms with Gasteiger partial charge in [-0.15, -0.1) is 10.2 Å². The average molecular weight is 349 g/mol. The third-order valence-electron chi connectivity index (χ3n) is 2.29. The van der Waals surface area contributed by atoms with Crippen LogP contribution in [0.3, 0.4) is 0 Å². The molecule has 0 amide bonds. The maximum absolute atomic E-state index is 12.1. The fourth-order valence-corrected chi connectivity index (χ4v) is 2.84. The minimum absolute atomic E-state index is 0.132. The van der Waals surface area contributed by atoms with Gasteiger partial charge in [0.1, 0.15) is 0 Å². The highest BCUT2D eigenvalue weighted by Crippen LogP contribution is 2.27. The van der Waals surface area contributed by atoms with Gasteiger partial charge in [0.05, 0.1) is 21.6 Å². The number of Topliss-reactive ketones (excluding diaryl/α,β-unsaturated/α-hetero) is 1. The first kappa shape index (κ1) is 15.7. The van der Waals surface area contributed by atoms with E-state index in [9.17, 15) is 4.79 Å². The van der Waals surface area contributed by atoms with Gasteiger partial charge in [-0.1, -0.05) is 41.0 Å². The predicted molar refractivity (Wildman–Crippen MR) is 83.0 cm³/mol. The summed E-state index contributed by atoms with van der Waals surface area (Å²) in [5.41, 5.74) is 0.399. The van der Waals surface area contributed by atoms with Crippen molar-refractivity contribution in [1.82, 2.24) is 10.2 Å². The third kappa shape index (κ3) is 3.91. The van der Waals surface area contributed by atoms with Gasteiger partial charge in [0, 0.05) is 5.56 Å². The monoisotopic (exact) mass is 348 g/mol. The summed E-state index contributed by atoms with van der Waals surface area (Å²) < 4.78 is 5.37. The van der Waals surface area contributed by atoms with Crippen LogP contribution in [0.1, 0.15) is 16.2 Å². The number of nitrogens with zero attached hydrogens (tertiary/aromatic N) is 2. The molecule has 0 saturated heterocycles. The summed E-state index contributed by atoms with van der Waals surface area (Å²) in [5.74, 6) is 1.24. The summed E-state index contributed by atoms with van der Waals surface area (Å²) in [6, 6.07) is 4.97. The van der Waals surface area contributed by atoms with Gasteiger partial charge in [-0.25, -0.2) is 0 Å². The van der Waals surface area contributed by atoms with E-state index in [1.165, 1.54) is 11.8 Å². The molecule has 0 bridgehead atoms. The third-order valence-corrected chi connectivity index (χ3v) is 4.47. The summed E-state index contributed by atoms with van der Waals surface area (Å²) in [5, 5.41) is 8.74. The molecule has 0 saturated carbocycles. The van der Waals surface area contributed by atoms with E-state index in [0.29, 0.717) is 27.5 Å². The Balaban J connectivity index is 1.99. The molecule has 0 aliphatic heterocycles. The van der Waals surface area contributed by atoms with Crippen LogP contribution < -0.4 is 0 Å². The Morgan fingerprint density at radius 1 is 1.35 bits per heavy atom. The minimum Gasteiger partial charge on any atom is -0.415 e. The van der Waals surface area contributed by atoms with Crippen LogP contribution in [-0.2, 0) is 5.75 Å². The molecule has 0 aliphatic carbocycles. The highest BCUT2D eigenvalue weighted by Gasteiger charge is 2.15. The van der Waals surface area contributed by atoms with Gasteiger partial charge in [0.15, 0.2) is 5.78 Å². The van der Waals surface area contributed by atoms with Crippen LogP contribution in [0.4, 0.5) is 0 Å². The molecule has 0 unspecified atom stereocenters. The number of aromatic nitrogens is 2. The Labute approximate surface area is 134 Å². The van der Waals surface area contributed by atoms with Gasteiger partial charge < -0.3 is 4.42 Å². The molecule has 4 nitrogen and oxygen atoms in total. The van der Waals surface area contributed by atoms with Crippen LogP contribution in [0.15, 0.2) is 27.8 Å². The maximum atomic E-state index is 12.1. The van der Waals surface area contributed by atoms with Gasteiger partial charge in [0.25, 0.3) is 5.22 Å². The molecule has 0 spiro atoms. The Bertz CT molecular complexity index is 619. The Kier molecular flexibility index (Phi) is 5.77. The average Bonchev–Trinajstić information content (AvgIpc) is 2.87. The summed E-state index contributed by atoms with van der Waals surface area (Å²) in [4.78, 5) is 12.1. The molecule has 2 rings (SSSR count). The fourth-order valence-electron chi connectivity index (χ4n) is 1.40. The van der Waals surface area contributed by atoms with E-state index in [1.807, 2.05) is 6.26 Å². The molecule has 2 aromatic rings. The molecule has 0 aliphatic rings. The number of rotatable bonds is 6. The van der Waals surface area contributed by atoms with Crippen molar-refractivity contribution >= 4 is 52.5 Å². The van der Waals surface area contributed by atoms with E-state index >= 15 is 0 Å². The van der Waals surface area contributed by atoms with Crippen LogP contribution in [0.25, 0.3) is 0 Å². The zero-order valence-electron chi connectivity index (χ0n) is 10.4. The second-order valence-electron chi connectivity index (χ2n) is 3.71. The Hall–Kier alpha value is -0.690. The molecule has 20 heavy (non-hydrogen) atoms. The van der Waals surface area contributed by atoms with Crippen LogP contribution in [-0.4, -0.2) is 28.0 Å². The van der Waals surface area contributed by atoms with Crippen LogP contribution >= 0.6 is 46.7 Å². The Morgan fingerprint density at radius 2 is 2.15 bits per heavy atom. The van der Waals surface area contributed by atoms with Gasteiger partial charge in [-0.2, -0.15) is 11.8 Å². The topological polar surface area (TPSA) is 56.0 Å². The van der Waals surface area contributed by atoms with Gasteiger partial charge in [0.2, 0.25) is 5.89 Å². The first-order chi connectivity index (χ1) is 9.61. The second kappa shape index (κ2) is 7.36. The predicted octanol–water partition coefficient (Wildman–Crippen LogP) is 4.21. The summed E-state index contributed by atoms with van der Waals surface area (Å²) in [7, 11) is 0. The van der Waals surface area contributed by atoms with Crippen molar-refractivity contribution < 1.29 is 9.21 Å². The lowest BCUT2D eigenvalue weighted by molar-refractivity contribution is 0.102. The molecular formula is C12H10Cl2N2O2S2. The quantitative estimate of drug-likeness (QED) is 0.575. The molecule has 0 fully saturated rings. The number of ketones is 1. The molecule has 0 radical (unpaired) electrons. The van der Waals surface area contributed by atoms with E-state index in [-0.39, 0.29) is 16.6 Å². The van der Waals surface area contributed by atoms with E-state index in [2.05, 4.69) is 10.2 Å². The lowest BCUT2D eigenvalue weighted by atomic mass is 10.1. The standard InChI is InChI=1S/C12H10Cl2N2O2S2/c1-19-6-10-15-16-12(18-10)20-5-9(17)7-3-2-4-8(13)11(7)14/h2-4H,5-6H2,1H3. The number of benzene rings is 1. The highest BCUT2D eigenvalue weighted by molar-refractivity contribution is 7.99. The molecular weight excluding hydrogens is 339 g/mol. The molecule has 1 heterocycles. The highest BCUT2D eigenvalue weighted by atomic mass is 35.5. The minimum atomic E-state index is -0.132. The number of carbonyl (C=O) groups is 1. The van der Waals surface area contributed by atoms with Gasteiger partial charge >= 0.3 is 0 Å². The van der Waals surface area contributed by atoms with Crippen molar-refractivity contribution in [1.29, 1.82) is 0 Å². The van der Waals surface area contributed by atoms with Crippen LogP contribution in [0.2, 0.25) is 10.0 Å². The molecule has 1 aromatic carbocycles. The van der Waals surface area contributed by atoms with Gasteiger partial charge in [-0.05, 0) is 18.4 Å². The van der Waals surface area contributed by atoms with Crippen molar-refractivity contribution in [2.75, 3.05) is 12.0 Å². The molecule has 8 heteroatoms. The van der Waals surface area contributed by atoms with Crippen molar-refractivity contribution in [2.24, 2.45) is 0 Å². The second-order valence-corrected chi connectivity index (χ2v) is 6.29. The number of halogens is 2. The van der Waals surface area contributed by atoms with Gasteiger partial charge in [-0.3, -0.25) is 4.79 Å². The molecule has 0 atom stereocenters. The number of hydrogen-bond acceptors (Lipinski definition) is 6. The van der Waals surface area contributed by atoms with Crippen LogP contribution in [0, 0.1) is 0 Å². The first-order valence-electron chi connectivity index (χ1n) is 5.53. The number of thioether (sulfide) groups is 2. The summed E-state index contributed by atoms with van der Waals surface area (Å²) in [6.07, 6.45) is 1.95. The normalized spacial score (nSPS) is 10.8. The molecule has 0 N–H and O–H groups in total. The van der Waals surface area contributed by atoms with E-state index in [4.69, 9.17) is 27.6 Å². The van der Waals surface area contributed by atoms with Crippen LogP contribution in [0.5, 0.6) is 0 Å². The molecule has 106 valence electrons. The van der Waals surface area contributed by atoms with E-state index < -0.39 is 0 Å². The number of hydrogen-bond donors (Lipinski definition) is 0. The SMILES string of the molecule is CSCc1nnc(SCC(=O)c2cccc(Cl)c2Cl)o1. The zero-order valence-corrected chi connectivity index (χ0v) is 13.6. The van der Waals surface area contributed by atoms with Crippen molar-refractivity contribution in [2.45, 2.75) is 11.0 Å². The van der Waals surface area contributed by atoms with E-state index in [0.717, 1.165) is 0 Å². The summed E-state index contributed by atoms with van der Waals surface area (Å²) >= 11 is 14.7.